The summed E-state index contributed by atoms with van der Waals surface area (Å²) in [5.74, 6) is 0.948. The van der Waals surface area contributed by atoms with E-state index in [4.69, 9.17) is 4.74 Å². The zero-order valence-corrected chi connectivity index (χ0v) is 14.9. The lowest BCUT2D eigenvalue weighted by molar-refractivity contribution is 0.0380. The highest BCUT2D eigenvalue weighted by atomic mass is 32.2. The van der Waals surface area contributed by atoms with Gasteiger partial charge in [0, 0.05) is 29.3 Å². The van der Waals surface area contributed by atoms with Crippen LogP contribution < -0.4 is 0 Å². The molecule has 5 nitrogen and oxygen atoms in total. The van der Waals surface area contributed by atoms with Gasteiger partial charge in [-0.1, -0.05) is 6.07 Å². The second-order valence-electron chi connectivity index (χ2n) is 6.91. The van der Waals surface area contributed by atoms with Crippen LogP contribution in [0.15, 0.2) is 18.2 Å². The lowest BCUT2D eigenvalue weighted by Gasteiger charge is -2.46. The van der Waals surface area contributed by atoms with Crippen LogP contribution in [0.5, 0.6) is 0 Å². The molecule has 0 N–H and O–H groups in total. The van der Waals surface area contributed by atoms with Gasteiger partial charge in [-0.15, -0.1) is 11.8 Å². The average molecular weight is 354 g/mol. The topological polar surface area (TPSA) is 59.5 Å². The lowest BCUT2D eigenvalue weighted by atomic mass is 9.95. The third kappa shape index (κ3) is 3.16. The average Bonchev–Trinajstić information content (AvgIpc) is 3.24. The normalized spacial score (nSPS) is 27.3. The van der Waals surface area contributed by atoms with Crippen LogP contribution in [-0.2, 0) is 21.4 Å². The summed E-state index contributed by atoms with van der Waals surface area (Å²) < 4.78 is 32.2. The molecule has 1 spiro atoms. The Kier molecular flexibility index (Phi) is 3.95. The van der Waals surface area contributed by atoms with Gasteiger partial charge in [0.1, 0.15) is 0 Å². The smallest absolute Gasteiger partial charge is 0.217 e. The van der Waals surface area contributed by atoms with Crippen LogP contribution >= 0.6 is 11.8 Å². The molecule has 1 aromatic heterocycles. The van der Waals surface area contributed by atoms with Crippen molar-refractivity contribution in [1.82, 2.24) is 9.29 Å². The highest BCUT2D eigenvalue weighted by Gasteiger charge is 2.55. The molecule has 3 fully saturated rings. The van der Waals surface area contributed by atoms with Crippen LogP contribution in [0.2, 0.25) is 0 Å². The van der Waals surface area contributed by atoms with Gasteiger partial charge in [0.2, 0.25) is 10.0 Å². The summed E-state index contributed by atoms with van der Waals surface area (Å²) in [7, 11) is -3.00. The van der Waals surface area contributed by atoms with Crippen molar-refractivity contribution in [2.45, 2.75) is 48.9 Å². The van der Waals surface area contributed by atoms with Gasteiger partial charge >= 0.3 is 0 Å². The molecular weight excluding hydrogens is 332 g/mol. The first-order valence-corrected chi connectivity index (χ1v) is 10.6. The summed E-state index contributed by atoms with van der Waals surface area (Å²) in [4.78, 5) is 4.46. The fourth-order valence-corrected chi connectivity index (χ4v) is 7.09. The van der Waals surface area contributed by atoms with Gasteiger partial charge in [-0.05, 0) is 38.3 Å². The van der Waals surface area contributed by atoms with Crippen LogP contribution in [0.3, 0.4) is 0 Å². The summed E-state index contributed by atoms with van der Waals surface area (Å²) in [6.45, 7) is 3.85. The Bertz CT molecular complexity index is 697. The first-order valence-electron chi connectivity index (χ1n) is 8.14. The van der Waals surface area contributed by atoms with E-state index in [1.54, 1.807) is 4.31 Å². The minimum atomic E-state index is -3.00. The van der Waals surface area contributed by atoms with Crippen LogP contribution in [0.1, 0.15) is 30.7 Å². The van der Waals surface area contributed by atoms with Gasteiger partial charge in [0.15, 0.2) is 0 Å². The van der Waals surface area contributed by atoms with Gasteiger partial charge in [-0.25, -0.2) is 8.42 Å². The number of thioether (sulfide) groups is 1. The number of aryl methyl sites for hydroxylation is 1. The Hall–Kier alpha value is -0.630. The molecule has 126 valence electrons. The van der Waals surface area contributed by atoms with Crippen LogP contribution in [-0.4, -0.2) is 52.7 Å². The van der Waals surface area contributed by atoms with Crippen molar-refractivity contribution in [3.63, 3.8) is 0 Å². The van der Waals surface area contributed by atoms with Gasteiger partial charge in [-0.3, -0.25) is 4.98 Å². The molecule has 3 aliphatic rings. The van der Waals surface area contributed by atoms with E-state index >= 15 is 0 Å². The molecule has 2 saturated heterocycles. The molecule has 1 aromatic rings. The van der Waals surface area contributed by atoms with Gasteiger partial charge in [-0.2, -0.15) is 4.31 Å². The minimum Gasteiger partial charge on any atom is -0.371 e. The molecule has 1 aliphatic carbocycles. The quantitative estimate of drug-likeness (QED) is 0.809. The fourth-order valence-electron chi connectivity index (χ4n) is 3.37. The molecule has 0 bridgehead atoms. The third-order valence-corrected chi connectivity index (χ3v) is 8.69. The monoisotopic (exact) mass is 354 g/mol. The van der Waals surface area contributed by atoms with E-state index in [1.165, 1.54) is 0 Å². The first-order chi connectivity index (χ1) is 11.0. The predicted molar refractivity (Wildman–Crippen MR) is 90.9 cm³/mol. The number of sulfonamides is 1. The molecule has 2 aliphatic heterocycles. The minimum absolute atomic E-state index is 0.0899. The molecule has 4 rings (SSSR count). The zero-order chi connectivity index (χ0) is 16.1. The second kappa shape index (κ2) is 5.72. The number of nitrogens with zero attached hydrogens (tertiary/aromatic N) is 2. The summed E-state index contributed by atoms with van der Waals surface area (Å²) in [5, 5.41) is -0.0919. The highest BCUT2D eigenvalue weighted by Crippen LogP contribution is 2.48. The van der Waals surface area contributed by atoms with E-state index in [-0.39, 0.29) is 16.1 Å². The van der Waals surface area contributed by atoms with Crippen molar-refractivity contribution in [1.29, 1.82) is 0 Å². The van der Waals surface area contributed by atoms with Crippen molar-refractivity contribution < 1.29 is 13.2 Å². The van der Waals surface area contributed by atoms with E-state index in [9.17, 15) is 8.42 Å². The molecule has 3 heterocycles. The maximum atomic E-state index is 12.2. The lowest BCUT2D eigenvalue weighted by Crippen LogP contribution is -2.61. The van der Waals surface area contributed by atoms with E-state index in [0.717, 1.165) is 36.4 Å². The van der Waals surface area contributed by atoms with E-state index in [0.29, 0.717) is 19.7 Å². The Morgan fingerprint density at radius 2 is 2.17 bits per heavy atom. The molecular formula is C16H22N2O3S2. The molecule has 1 saturated carbocycles. The maximum Gasteiger partial charge on any atom is 0.217 e. The Morgan fingerprint density at radius 3 is 2.87 bits per heavy atom. The number of aromatic nitrogens is 1. The molecule has 1 atom stereocenters. The number of hydrogen-bond acceptors (Lipinski definition) is 5. The fraction of sp³-hybridized carbons (Fsp3) is 0.688. The molecule has 0 unspecified atom stereocenters. The summed E-state index contributed by atoms with van der Waals surface area (Å²) in [5.41, 5.74) is 1.96. The molecule has 0 amide bonds. The molecule has 0 aromatic carbocycles. The number of pyridine rings is 1. The summed E-state index contributed by atoms with van der Waals surface area (Å²) in [6, 6.07) is 5.96. The van der Waals surface area contributed by atoms with E-state index in [1.807, 2.05) is 36.9 Å². The second-order valence-corrected chi connectivity index (χ2v) is 10.6. The number of ether oxygens (including phenoxy) is 1. The van der Waals surface area contributed by atoms with E-state index < -0.39 is 10.0 Å². The SMILES string of the molecule is Cc1cccc(CO[C@H]2CSC3(C2)CN(S(=O)(=O)C2CC2)C3)n1. The van der Waals surface area contributed by atoms with Crippen molar-refractivity contribution in [2.24, 2.45) is 0 Å². The Balaban J connectivity index is 1.29. The molecule has 0 radical (unpaired) electrons. The van der Waals surface area contributed by atoms with Crippen LogP contribution in [0.4, 0.5) is 0 Å². The molecule has 7 heteroatoms. The maximum absolute atomic E-state index is 12.2. The summed E-state index contributed by atoms with van der Waals surface area (Å²) in [6.07, 6.45) is 2.83. The largest absolute Gasteiger partial charge is 0.371 e. The standard InChI is InChI=1S/C16H22N2O3S2/c1-12-3-2-4-13(17-12)8-21-14-7-16(22-9-14)10-18(11-16)23(19,20)15-5-6-15/h2-4,14-15H,5-11H2,1H3/t14-/m1/s1. The van der Waals surface area contributed by atoms with Crippen molar-refractivity contribution >= 4 is 21.8 Å². The predicted octanol–water partition coefficient (Wildman–Crippen LogP) is 1.96. The molecule has 23 heavy (non-hydrogen) atoms. The Morgan fingerprint density at radius 1 is 1.39 bits per heavy atom. The van der Waals surface area contributed by atoms with Crippen LogP contribution in [0.25, 0.3) is 0 Å². The van der Waals surface area contributed by atoms with Gasteiger partial charge in [0.05, 0.1) is 23.7 Å². The number of hydrogen-bond donors (Lipinski definition) is 0. The van der Waals surface area contributed by atoms with Crippen molar-refractivity contribution in [3.05, 3.63) is 29.6 Å². The van der Waals surface area contributed by atoms with E-state index in [2.05, 4.69) is 4.98 Å². The van der Waals surface area contributed by atoms with Crippen LogP contribution in [0, 0.1) is 6.92 Å². The van der Waals surface area contributed by atoms with Crippen molar-refractivity contribution in [3.8, 4) is 0 Å². The first kappa shape index (κ1) is 15.9. The number of rotatable bonds is 5. The van der Waals surface area contributed by atoms with Gasteiger partial charge < -0.3 is 4.74 Å². The van der Waals surface area contributed by atoms with Gasteiger partial charge in [0.25, 0.3) is 0 Å². The van der Waals surface area contributed by atoms with Crippen molar-refractivity contribution in [2.75, 3.05) is 18.8 Å². The Labute approximate surface area is 141 Å². The third-order valence-electron chi connectivity index (χ3n) is 4.82. The highest BCUT2D eigenvalue weighted by molar-refractivity contribution is 8.01. The summed E-state index contributed by atoms with van der Waals surface area (Å²) >= 11 is 1.88. The zero-order valence-electron chi connectivity index (χ0n) is 13.3.